The van der Waals surface area contributed by atoms with Crippen molar-refractivity contribution in [3.8, 4) is 5.75 Å². The van der Waals surface area contributed by atoms with Gasteiger partial charge in [-0.25, -0.2) is 0 Å². The lowest BCUT2D eigenvalue weighted by atomic mass is 9.95. The van der Waals surface area contributed by atoms with Crippen molar-refractivity contribution in [1.82, 2.24) is 5.43 Å². The summed E-state index contributed by atoms with van der Waals surface area (Å²) >= 11 is 0. The third kappa shape index (κ3) is 5.07. The van der Waals surface area contributed by atoms with Gasteiger partial charge in [-0.1, -0.05) is 32.4 Å². The van der Waals surface area contributed by atoms with Crippen LogP contribution in [0.2, 0.25) is 0 Å². The zero-order chi connectivity index (χ0) is 13.4. The Morgan fingerprint density at radius 3 is 2.72 bits per heavy atom. The fourth-order valence-corrected chi connectivity index (χ4v) is 2.20. The molecule has 0 fully saturated rings. The van der Waals surface area contributed by atoms with E-state index >= 15 is 0 Å². The van der Waals surface area contributed by atoms with E-state index in [9.17, 15) is 0 Å². The average Bonchev–Trinajstić information content (AvgIpc) is 2.35. The topological polar surface area (TPSA) is 47.3 Å². The first kappa shape index (κ1) is 15.0. The molecule has 0 aliphatic rings. The molecule has 0 spiro atoms. The van der Waals surface area contributed by atoms with Crippen LogP contribution in [0.15, 0.2) is 24.3 Å². The van der Waals surface area contributed by atoms with Crippen LogP contribution < -0.4 is 16.0 Å². The summed E-state index contributed by atoms with van der Waals surface area (Å²) in [7, 11) is 0. The second-order valence-electron chi connectivity index (χ2n) is 4.99. The van der Waals surface area contributed by atoms with E-state index in [1.165, 1.54) is 18.4 Å². The van der Waals surface area contributed by atoms with E-state index in [1.807, 2.05) is 12.1 Å². The quantitative estimate of drug-likeness (QED) is 0.550. The van der Waals surface area contributed by atoms with Gasteiger partial charge in [-0.3, -0.25) is 11.3 Å². The Hall–Kier alpha value is -1.06. The molecule has 2 unspecified atom stereocenters. The van der Waals surface area contributed by atoms with Gasteiger partial charge in [0.25, 0.3) is 0 Å². The predicted octanol–water partition coefficient (Wildman–Crippen LogP) is 3.03. The van der Waals surface area contributed by atoms with Crippen LogP contribution >= 0.6 is 0 Å². The van der Waals surface area contributed by atoms with Crippen LogP contribution in [0.3, 0.4) is 0 Å². The van der Waals surface area contributed by atoms with E-state index in [2.05, 4.69) is 38.3 Å². The third-order valence-electron chi connectivity index (χ3n) is 3.33. The Morgan fingerprint density at radius 2 is 2.11 bits per heavy atom. The van der Waals surface area contributed by atoms with Crippen molar-refractivity contribution in [1.29, 1.82) is 0 Å². The Bertz CT molecular complexity index is 341. The van der Waals surface area contributed by atoms with Gasteiger partial charge in [0, 0.05) is 6.04 Å². The number of rotatable bonds is 8. The van der Waals surface area contributed by atoms with E-state index in [-0.39, 0.29) is 0 Å². The first-order valence-corrected chi connectivity index (χ1v) is 6.83. The normalized spacial score (nSPS) is 14.2. The van der Waals surface area contributed by atoms with Gasteiger partial charge in [0.05, 0.1) is 6.61 Å². The van der Waals surface area contributed by atoms with Gasteiger partial charge in [-0.05, 0) is 43.4 Å². The number of hydrazine groups is 1. The number of hydrogen-bond donors (Lipinski definition) is 2. The molecule has 3 nitrogen and oxygen atoms in total. The highest BCUT2D eigenvalue weighted by atomic mass is 16.5. The smallest absolute Gasteiger partial charge is 0.119 e. The molecule has 0 amide bonds. The van der Waals surface area contributed by atoms with Gasteiger partial charge >= 0.3 is 0 Å². The second-order valence-corrected chi connectivity index (χ2v) is 4.99. The summed E-state index contributed by atoms with van der Waals surface area (Å²) in [5.74, 6) is 7.13. The summed E-state index contributed by atoms with van der Waals surface area (Å²) < 4.78 is 5.75. The highest BCUT2D eigenvalue weighted by Crippen LogP contribution is 2.15. The molecule has 0 aromatic heterocycles. The Balaban J connectivity index is 2.35. The minimum Gasteiger partial charge on any atom is -0.494 e. The largest absolute Gasteiger partial charge is 0.494 e. The van der Waals surface area contributed by atoms with Gasteiger partial charge in [-0.15, -0.1) is 0 Å². The van der Waals surface area contributed by atoms with Crippen LogP contribution in [-0.4, -0.2) is 12.6 Å². The van der Waals surface area contributed by atoms with Gasteiger partial charge < -0.3 is 4.74 Å². The summed E-state index contributed by atoms with van der Waals surface area (Å²) in [4.78, 5) is 0. The first-order valence-electron chi connectivity index (χ1n) is 6.83. The SMILES string of the molecule is CCCC(C)C(CCOc1cccc(C)c1)NN. The number of ether oxygens (including phenoxy) is 1. The van der Waals surface area contributed by atoms with Crippen molar-refractivity contribution in [2.24, 2.45) is 11.8 Å². The van der Waals surface area contributed by atoms with E-state index in [0.29, 0.717) is 18.6 Å². The molecule has 18 heavy (non-hydrogen) atoms. The molecular weight excluding hydrogens is 224 g/mol. The second kappa shape index (κ2) is 8.11. The molecule has 3 N–H and O–H groups in total. The van der Waals surface area contributed by atoms with Crippen molar-refractivity contribution in [2.45, 2.75) is 46.1 Å². The lowest BCUT2D eigenvalue weighted by Gasteiger charge is -2.22. The fraction of sp³-hybridized carbons (Fsp3) is 0.600. The third-order valence-corrected chi connectivity index (χ3v) is 3.33. The summed E-state index contributed by atoms with van der Waals surface area (Å²) in [6.45, 7) is 7.21. The minimum absolute atomic E-state index is 0.328. The molecule has 0 saturated carbocycles. The molecule has 102 valence electrons. The first-order chi connectivity index (χ1) is 8.67. The van der Waals surface area contributed by atoms with E-state index in [4.69, 9.17) is 10.6 Å². The monoisotopic (exact) mass is 250 g/mol. The molecule has 0 heterocycles. The molecule has 2 atom stereocenters. The van der Waals surface area contributed by atoms with Crippen molar-refractivity contribution >= 4 is 0 Å². The van der Waals surface area contributed by atoms with Crippen LogP contribution in [-0.2, 0) is 0 Å². The van der Waals surface area contributed by atoms with E-state index in [0.717, 1.165) is 12.2 Å². The zero-order valence-corrected chi connectivity index (χ0v) is 11.8. The molecule has 1 aromatic rings. The summed E-state index contributed by atoms with van der Waals surface area (Å²) in [6.07, 6.45) is 3.32. The van der Waals surface area contributed by atoms with Crippen molar-refractivity contribution in [3.63, 3.8) is 0 Å². The van der Waals surface area contributed by atoms with Crippen LogP contribution in [0.1, 0.15) is 38.7 Å². The highest BCUT2D eigenvalue weighted by molar-refractivity contribution is 5.27. The standard InChI is InChI=1S/C15H26N2O/c1-4-6-13(3)15(17-16)9-10-18-14-8-5-7-12(2)11-14/h5,7-8,11,13,15,17H,4,6,9-10,16H2,1-3H3. The Morgan fingerprint density at radius 1 is 1.33 bits per heavy atom. The summed E-state index contributed by atoms with van der Waals surface area (Å²) in [6, 6.07) is 8.46. The number of nitrogens with two attached hydrogens (primary N) is 1. The number of aryl methyl sites for hydroxylation is 1. The number of benzene rings is 1. The molecule has 0 aliphatic carbocycles. The maximum Gasteiger partial charge on any atom is 0.119 e. The molecule has 1 rings (SSSR count). The molecule has 0 aliphatic heterocycles. The lowest BCUT2D eigenvalue weighted by molar-refractivity contribution is 0.252. The van der Waals surface area contributed by atoms with Crippen LogP contribution in [0.5, 0.6) is 5.75 Å². The molecule has 0 radical (unpaired) electrons. The molecule has 1 aromatic carbocycles. The van der Waals surface area contributed by atoms with Gasteiger partial charge in [0.2, 0.25) is 0 Å². The highest BCUT2D eigenvalue weighted by Gasteiger charge is 2.14. The average molecular weight is 250 g/mol. The predicted molar refractivity (Wildman–Crippen MR) is 76.5 cm³/mol. The Kier molecular flexibility index (Phi) is 6.76. The van der Waals surface area contributed by atoms with Crippen molar-refractivity contribution in [2.75, 3.05) is 6.61 Å². The molecule has 3 heteroatoms. The minimum atomic E-state index is 0.328. The maximum absolute atomic E-state index is 5.75. The fourth-order valence-electron chi connectivity index (χ4n) is 2.20. The molecule has 0 saturated heterocycles. The summed E-state index contributed by atoms with van der Waals surface area (Å²) in [5.41, 5.74) is 4.13. The Labute approximate surface area is 111 Å². The summed E-state index contributed by atoms with van der Waals surface area (Å²) in [5, 5.41) is 0. The van der Waals surface area contributed by atoms with Crippen LogP contribution in [0, 0.1) is 12.8 Å². The number of nitrogens with one attached hydrogen (secondary N) is 1. The van der Waals surface area contributed by atoms with Gasteiger partial charge in [0.1, 0.15) is 5.75 Å². The maximum atomic E-state index is 5.75. The molecule has 0 bridgehead atoms. The lowest BCUT2D eigenvalue weighted by Crippen LogP contribution is -2.40. The van der Waals surface area contributed by atoms with Crippen molar-refractivity contribution < 1.29 is 4.74 Å². The van der Waals surface area contributed by atoms with Gasteiger partial charge in [-0.2, -0.15) is 0 Å². The number of hydrogen-bond acceptors (Lipinski definition) is 3. The van der Waals surface area contributed by atoms with Crippen molar-refractivity contribution in [3.05, 3.63) is 29.8 Å². The molecular formula is C15H26N2O. The van der Waals surface area contributed by atoms with E-state index in [1.54, 1.807) is 0 Å². The zero-order valence-electron chi connectivity index (χ0n) is 11.8. The van der Waals surface area contributed by atoms with Crippen LogP contribution in [0.25, 0.3) is 0 Å². The van der Waals surface area contributed by atoms with Crippen LogP contribution in [0.4, 0.5) is 0 Å². The van der Waals surface area contributed by atoms with Gasteiger partial charge in [0.15, 0.2) is 0 Å². The van der Waals surface area contributed by atoms with E-state index < -0.39 is 0 Å².